The van der Waals surface area contributed by atoms with Crippen LogP contribution >= 0.6 is 0 Å². The highest BCUT2D eigenvalue weighted by molar-refractivity contribution is 5.69. The molecule has 0 radical (unpaired) electrons. The first-order valence-electron chi connectivity index (χ1n) is 11.5. The third-order valence-electron chi connectivity index (χ3n) is 6.27. The molecule has 3 heterocycles. The first-order valence-corrected chi connectivity index (χ1v) is 11.5. The van der Waals surface area contributed by atoms with Crippen LogP contribution in [0.5, 0.6) is 6.01 Å². The zero-order valence-corrected chi connectivity index (χ0v) is 18.8. The number of piperidine rings is 1. The van der Waals surface area contributed by atoms with E-state index in [4.69, 9.17) is 4.74 Å². The molecule has 1 aliphatic heterocycles. The minimum atomic E-state index is -0.180. The maximum Gasteiger partial charge on any atom is 0.328 e. The van der Waals surface area contributed by atoms with Gasteiger partial charge in [0.1, 0.15) is 5.52 Å². The van der Waals surface area contributed by atoms with E-state index < -0.39 is 0 Å². The molecule has 7 nitrogen and oxygen atoms in total. The Morgan fingerprint density at radius 1 is 1.19 bits per heavy atom. The number of aromatic nitrogens is 4. The fourth-order valence-electron chi connectivity index (χ4n) is 4.28. The maximum absolute atomic E-state index is 12.5. The second kappa shape index (κ2) is 9.64. The Bertz CT molecular complexity index is 1050. The molecule has 0 bridgehead atoms. The summed E-state index contributed by atoms with van der Waals surface area (Å²) in [5.74, 6) is 0.621. The average molecular weight is 424 g/mol. The van der Waals surface area contributed by atoms with E-state index in [1.165, 1.54) is 18.4 Å². The number of likely N-dealkylation sites (tertiary alicyclic amines) is 1. The number of nitrogens with zero attached hydrogens (tertiary/aromatic N) is 4. The largest absolute Gasteiger partial charge is 0.463 e. The average Bonchev–Trinajstić information content (AvgIpc) is 3.09. The van der Waals surface area contributed by atoms with Crippen molar-refractivity contribution < 1.29 is 4.74 Å². The van der Waals surface area contributed by atoms with E-state index in [2.05, 4.69) is 64.9 Å². The Morgan fingerprint density at radius 2 is 1.94 bits per heavy atom. The van der Waals surface area contributed by atoms with Crippen LogP contribution in [0, 0.1) is 0 Å². The van der Waals surface area contributed by atoms with E-state index in [0.29, 0.717) is 42.3 Å². The van der Waals surface area contributed by atoms with Crippen molar-refractivity contribution in [3.8, 4) is 6.01 Å². The molecule has 7 heteroatoms. The number of rotatable bonds is 8. The maximum atomic E-state index is 12.5. The highest BCUT2D eigenvalue weighted by Crippen LogP contribution is 2.29. The number of H-pyrrole nitrogens is 1. The number of fused-ring (bicyclic) bond motifs is 1. The first kappa shape index (κ1) is 21.6. The summed E-state index contributed by atoms with van der Waals surface area (Å²) in [4.78, 5) is 26.6. The molecule has 1 aromatic carbocycles. The predicted octanol–water partition coefficient (Wildman–Crippen LogP) is 3.93. The Labute approximate surface area is 183 Å². The minimum absolute atomic E-state index is 0.180. The van der Waals surface area contributed by atoms with Gasteiger partial charge in [0.2, 0.25) is 0 Å². The van der Waals surface area contributed by atoms with Gasteiger partial charge in [-0.15, -0.1) is 0 Å². The molecule has 1 saturated heterocycles. The Morgan fingerprint density at radius 3 is 2.61 bits per heavy atom. The standard InChI is InChI=1S/C24H33N5O2/c1-4-5-14-31-23-25-15-21-22(27-23)29(24(30)26-21)16-18-6-8-19(9-7-18)20-10-12-28(13-11-20)17(2)3/h6-9,15,17,20H,4-5,10-14,16H2,1-3H3,(H,26,30). The fraction of sp³-hybridized carbons (Fsp3) is 0.542. The summed E-state index contributed by atoms with van der Waals surface area (Å²) in [6.45, 7) is 10.0. The molecule has 1 fully saturated rings. The molecular weight excluding hydrogens is 390 g/mol. The number of hydrogen-bond donors (Lipinski definition) is 1. The number of ether oxygens (including phenoxy) is 1. The van der Waals surface area contributed by atoms with Gasteiger partial charge in [-0.1, -0.05) is 37.6 Å². The summed E-state index contributed by atoms with van der Waals surface area (Å²) in [5.41, 5.74) is 3.50. The molecule has 2 aromatic heterocycles. The normalized spacial score (nSPS) is 15.7. The van der Waals surface area contributed by atoms with Gasteiger partial charge in [-0.2, -0.15) is 4.98 Å². The molecule has 0 amide bonds. The van der Waals surface area contributed by atoms with E-state index >= 15 is 0 Å². The summed E-state index contributed by atoms with van der Waals surface area (Å²) in [6.07, 6.45) is 6.02. The molecule has 0 aliphatic carbocycles. The smallest absolute Gasteiger partial charge is 0.328 e. The summed E-state index contributed by atoms with van der Waals surface area (Å²) in [7, 11) is 0. The third-order valence-corrected chi connectivity index (χ3v) is 6.27. The van der Waals surface area contributed by atoms with Crippen LogP contribution in [0.1, 0.15) is 63.5 Å². The van der Waals surface area contributed by atoms with Crippen molar-refractivity contribution in [2.45, 2.75) is 65.0 Å². The fourth-order valence-corrected chi connectivity index (χ4v) is 4.28. The summed E-state index contributed by atoms with van der Waals surface area (Å²) in [5, 5.41) is 0. The zero-order chi connectivity index (χ0) is 21.8. The van der Waals surface area contributed by atoms with Crippen molar-refractivity contribution in [3.63, 3.8) is 0 Å². The third kappa shape index (κ3) is 4.98. The molecule has 1 N–H and O–H groups in total. The monoisotopic (exact) mass is 423 g/mol. The van der Waals surface area contributed by atoms with E-state index in [0.717, 1.165) is 31.5 Å². The molecule has 0 unspecified atom stereocenters. The second-order valence-corrected chi connectivity index (χ2v) is 8.75. The van der Waals surface area contributed by atoms with Crippen molar-refractivity contribution in [3.05, 3.63) is 52.1 Å². The molecule has 0 saturated carbocycles. The molecule has 31 heavy (non-hydrogen) atoms. The molecule has 1 aliphatic rings. The Kier molecular flexibility index (Phi) is 6.70. The number of benzene rings is 1. The van der Waals surface area contributed by atoms with Crippen molar-refractivity contribution >= 4 is 11.2 Å². The van der Waals surface area contributed by atoms with Gasteiger partial charge in [0.25, 0.3) is 0 Å². The van der Waals surface area contributed by atoms with Crippen molar-refractivity contribution in [1.29, 1.82) is 0 Å². The second-order valence-electron chi connectivity index (χ2n) is 8.75. The number of unbranched alkanes of at least 4 members (excludes halogenated alkanes) is 1. The molecule has 3 aromatic rings. The molecule has 166 valence electrons. The van der Waals surface area contributed by atoms with Crippen molar-refractivity contribution in [2.24, 2.45) is 0 Å². The van der Waals surface area contributed by atoms with Gasteiger partial charge in [-0.25, -0.2) is 9.78 Å². The van der Waals surface area contributed by atoms with Crippen LogP contribution in [0.4, 0.5) is 0 Å². The van der Waals surface area contributed by atoms with Crippen molar-refractivity contribution in [1.82, 2.24) is 24.4 Å². The molecular formula is C24H33N5O2. The van der Waals surface area contributed by atoms with Crippen LogP contribution in [0.25, 0.3) is 11.2 Å². The van der Waals surface area contributed by atoms with Crippen LogP contribution in [0.15, 0.2) is 35.3 Å². The molecule has 4 rings (SSSR count). The SMILES string of the molecule is CCCCOc1ncc2[nH]c(=O)n(Cc3ccc(C4CCN(C(C)C)CC4)cc3)c2n1. The van der Waals surface area contributed by atoms with Gasteiger partial charge < -0.3 is 14.6 Å². The lowest BCUT2D eigenvalue weighted by atomic mass is 9.88. The van der Waals surface area contributed by atoms with Crippen LogP contribution in [-0.4, -0.2) is 50.2 Å². The van der Waals surface area contributed by atoms with Gasteiger partial charge >= 0.3 is 11.7 Å². The van der Waals surface area contributed by atoms with Crippen LogP contribution < -0.4 is 10.4 Å². The summed E-state index contributed by atoms with van der Waals surface area (Å²) >= 11 is 0. The number of nitrogens with one attached hydrogen (secondary N) is 1. The van der Waals surface area contributed by atoms with Gasteiger partial charge in [-0.3, -0.25) is 4.57 Å². The van der Waals surface area contributed by atoms with Gasteiger partial charge in [-0.05, 0) is 63.2 Å². The van der Waals surface area contributed by atoms with E-state index in [1.807, 2.05) is 0 Å². The lowest BCUT2D eigenvalue weighted by Gasteiger charge is -2.34. The Balaban J connectivity index is 1.47. The molecule has 0 atom stereocenters. The molecule has 0 spiro atoms. The quantitative estimate of drug-likeness (QED) is 0.556. The number of hydrogen-bond acceptors (Lipinski definition) is 5. The van der Waals surface area contributed by atoms with E-state index in [1.54, 1.807) is 10.8 Å². The lowest BCUT2D eigenvalue weighted by molar-refractivity contribution is 0.172. The topological polar surface area (TPSA) is 76.0 Å². The van der Waals surface area contributed by atoms with E-state index in [9.17, 15) is 4.79 Å². The zero-order valence-electron chi connectivity index (χ0n) is 18.8. The van der Waals surface area contributed by atoms with Crippen LogP contribution in [0.2, 0.25) is 0 Å². The van der Waals surface area contributed by atoms with Crippen LogP contribution in [-0.2, 0) is 6.54 Å². The van der Waals surface area contributed by atoms with Gasteiger partial charge in [0.05, 0.1) is 19.3 Å². The lowest BCUT2D eigenvalue weighted by Crippen LogP contribution is -2.37. The number of imidazole rings is 1. The number of aromatic amines is 1. The highest BCUT2D eigenvalue weighted by atomic mass is 16.5. The van der Waals surface area contributed by atoms with Crippen LogP contribution in [0.3, 0.4) is 0 Å². The van der Waals surface area contributed by atoms with Crippen molar-refractivity contribution in [2.75, 3.05) is 19.7 Å². The van der Waals surface area contributed by atoms with Gasteiger partial charge in [0.15, 0.2) is 5.65 Å². The highest BCUT2D eigenvalue weighted by Gasteiger charge is 2.22. The Hall–Kier alpha value is -2.67. The summed E-state index contributed by atoms with van der Waals surface area (Å²) in [6, 6.07) is 9.65. The predicted molar refractivity (Wildman–Crippen MR) is 123 cm³/mol. The summed E-state index contributed by atoms with van der Waals surface area (Å²) < 4.78 is 7.27. The van der Waals surface area contributed by atoms with E-state index in [-0.39, 0.29) is 5.69 Å². The first-order chi connectivity index (χ1) is 15.0. The van der Waals surface area contributed by atoms with Gasteiger partial charge in [0, 0.05) is 6.04 Å². The minimum Gasteiger partial charge on any atom is -0.463 e.